The van der Waals surface area contributed by atoms with E-state index in [0.29, 0.717) is 17.2 Å². The minimum absolute atomic E-state index is 0.197. The summed E-state index contributed by atoms with van der Waals surface area (Å²) in [6.45, 7) is 1.92. The molecule has 0 heterocycles. The summed E-state index contributed by atoms with van der Waals surface area (Å²) in [4.78, 5) is 0. The smallest absolute Gasteiger partial charge is 0.142 e. The predicted molar refractivity (Wildman–Crippen MR) is 77.0 cm³/mol. The molecule has 0 aromatic heterocycles. The Kier molecular flexibility index (Phi) is 5.43. The quantitative estimate of drug-likeness (QED) is 0.856. The highest BCUT2D eigenvalue weighted by molar-refractivity contribution is 5.39. The topological polar surface area (TPSA) is 29.5 Å². The zero-order valence-corrected chi connectivity index (χ0v) is 11.9. The van der Waals surface area contributed by atoms with E-state index >= 15 is 0 Å². The van der Waals surface area contributed by atoms with Crippen molar-refractivity contribution in [2.24, 2.45) is 5.92 Å². The van der Waals surface area contributed by atoms with Crippen molar-refractivity contribution in [1.29, 1.82) is 0 Å². The third-order valence-corrected chi connectivity index (χ3v) is 3.89. The van der Waals surface area contributed by atoms with Crippen molar-refractivity contribution in [2.75, 3.05) is 6.61 Å². The van der Waals surface area contributed by atoms with Gasteiger partial charge in [0.1, 0.15) is 24.3 Å². The number of benzene rings is 1. The Labute approximate surface area is 120 Å². The van der Waals surface area contributed by atoms with Crippen molar-refractivity contribution in [2.45, 2.75) is 45.1 Å². The average Bonchev–Trinajstić information content (AvgIpc) is 2.47. The molecule has 2 rings (SSSR count). The molecule has 20 heavy (non-hydrogen) atoms. The van der Waals surface area contributed by atoms with Crippen molar-refractivity contribution < 1.29 is 14.2 Å². The Morgan fingerprint density at radius 2 is 2.15 bits per heavy atom. The summed E-state index contributed by atoms with van der Waals surface area (Å²) in [7, 11) is 0. The van der Waals surface area contributed by atoms with Gasteiger partial charge in [-0.15, -0.1) is 0 Å². The first-order chi connectivity index (χ1) is 9.74. The summed E-state index contributed by atoms with van der Waals surface area (Å²) in [5.41, 5.74) is 0.294. The van der Waals surface area contributed by atoms with E-state index in [0.717, 1.165) is 12.8 Å². The minimum Gasteiger partial charge on any atom is -0.490 e. The molecule has 0 spiro atoms. The molecule has 108 valence electrons. The molecule has 2 nitrogen and oxygen atoms in total. The molecule has 1 aromatic rings. The van der Waals surface area contributed by atoms with Crippen LogP contribution in [0.4, 0.5) is 4.39 Å². The van der Waals surface area contributed by atoms with Crippen molar-refractivity contribution in [3.8, 4) is 17.6 Å². The van der Waals surface area contributed by atoms with Gasteiger partial charge in [-0.05, 0) is 43.7 Å². The lowest BCUT2D eigenvalue weighted by atomic mass is 9.85. The Hall–Kier alpha value is -1.53. The highest BCUT2D eigenvalue weighted by atomic mass is 19.1. The maximum absolute atomic E-state index is 13.8. The lowest BCUT2D eigenvalue weighted by Crippen LogP contribution is -2.29. The normalized spacial score (nSPS) is 21.9. The monoisotopic (exact) mass is 276 g/mol. The number of halogens is 1. The third-order valence-electron chi connectivity index (χ3n) is 3.89. The predicted octanol–water partition coefficient (Wildman–Crippen LogP) is 3.52. The Morgan fingerprint density at radius 1 is 1.35 bits per heavy atom. The Morgan fingerprint density at radius 3 is 2.85 bits per heavy atom. The van der Waals surface area contributed by atoms with Gasteiger partial charge in [0.15, 0.2) is 0 Å². The standard InChI is InChI=1S/C17H21FO2/c1-2-13-6-3-4-8-17(13)20-15-10-9-14(7-5-11-19)16(18)12-15/h9-10,12-13,17,19H,2-4,6,8,11H2,1H3. The van der Waals surface area contributed by atoms with Crippen LogP contribution in [0.1, 0.15) is 44.6 Å². The van der Waals surface area contributed by atoms with Gasteiger partial charge in [-0.1, -0.05) is 25.2 Å². The summed E-state index contributed by atoms with van der Waals surface area (Å²) >= 11 is 0. The fraction of sp³-hybridized carbons (Fsp3) is 0.529. The number of hydrogen-bond acceptors (Lipinski definition) is 2. The molecule has 1 fully saturated rings. The first-order valence-corrected chi connectivity index (χ1v) is 7.30. The summed E-state index contributed by atoms with van der Waals surface area (Å²) in [5.74, 6) is 5.78. The first-order valence-electron chi connectivity index (χ1n) is 7.30. The molecule has 2 atom stereocenters. The summed E-state index contributed by atoms with van der Waals surface area (Å²) in [6.07, 6.45) is 6.00. The van der Waals surface area contributed by atoms with Gasteiger partial charge in [0.25, 0.3) is 0 Å². The van der Waals surface area contributed by atoms with E-state index in [9.17, 15) is 4.39 Å². The lowest BCUT2D eigenvalue weighted by Gasteiger charge is -2.31. The molecule has 1 aliphatic carbocycles. The molecule has 3 heteroatoms. The van der Waals surface area contributed by atoms with Crippen LogP contribution in [0, 0.1) is 23.6 Å². The van der Waals surface area contributed by atoms with Crippen LogP contribution in [-0.2, 0) is 0 Å². The zero-order chi connectivity index (χ0) is 14.4. The molecule has 1 aliphatic rings. The number of hydrogen-bond donors (Lipinski definition) is 1. The van der Waals surface area contributed by atoms with E-state index < -0.39 is 5.82 Å². The van der Waals surface area contributed by atoms with Gasteiger partial charge >= 0.3 is 0 Å². The van der Waals surface area contributed by atoms with Crippen molar-refractivity contribution in [3.05, 3.63) is 29.6 Å². The van der Waals surface area contributed by atoms with Crippen molar-refractivity contribution in [3.63, 3.8) is 0 Å². The fourth-order valence-electron chi connectivity index (χ4n) is 2.78. The molecule has 0 bridgehead atoms. The third kappa shape index (κ3) is 3.74. The van der Waals surface area contributed by atoms with E-state index in [2.05, 4.69) is 18.8 Å². The minimum atomic E-state index is -0.396. The molecule has 1 aromatic carbocycles. The van der Waals surface area contributed by atoms with E-state index in [-0.39, 0.29) is 12.7 Å². The zero-order valence-electron chi connectivity index (χ0n) is 11.9. The molecule has 1 saturated carbocycles. The van der Waals surface area contributed by atoms with Crippen LogP contribution in [-0.4, -0.2) is 17.8 Å². The first kappa shape index (κ1) is 14.9. The van der Waals surface area contributed by atoms with Crippen LogP contribution >= 0.6 is 0 Å². The van der Waals surface area contributed by atoms with Crippen LogP contribution in [0.25, 0.3) is 0 Å². The van der Waals surface area contributed by atoms with Gasteiger partial charge in [0.05, 0.1) is 5.56 Å². The molecule has 0 aliphatic heterocycles. The van der Waals surface area contributed by atoms with Gasteiger partial charge < -0.3 is 9.84 Å². The number of rotatable bonds is 3. The summed E-state index contributed by atoms with van der Waals surface area (Å²) < 4.78 is 19.8. The molecule has 0 saturated heterocycles. The van der Waals surface area contributed by atoms with Gasteiger partial charge in [0, 0.05) is 6.07 Å². The molecular formula is C17H21FO2. The summed E-state index contributed by atoms with van der Waals surface area (Å²) in [5, 5.41) is 8.62. The molecule has 1 N–H and O–H groups in total. The van der Waals surface area contributed by atoms with Gasteiger partial charge in [0.2, 0.25) is 0 Å². The van der Waals surface area contributed by atoms with E-state index in [4.69, 9.17) is 9.84 Å². The number of aliphatic hydroxyl groups excluding tert-OH is 1. The molecular weight excluding hydrogens is 255 g/mol. The van der Waals surface area contributed by atoms with Gasteiger partial charge in [-0.2, -0.15) is 0 Å². The highest BCUT2D eigenvalue weighted by Crippen LogP contribution is 2.30. The van der Waals surface area contributed by atoms with Gasteiger partial charge in [-0.3, -0.25) is 0 Å². The lowest BCUT2D eigenvalue weighted by molar-refractivity contribution is 0.0900. The van der Waals surface area contributed by atoms with E-state index in [1.165, 1.54) is 25.3 Å². The SMILES string of the molecule is CCC1CCCCC1Oc1ccc(C#CCO)c(F)c1. The second-order valence-corrected chi connectivity index (χ2v) is 5.21. The Bertz CT molecular complexity index is 501. The molecule has 2 unspecified atom stereocenters. The van der Waals surface area contributed by atoms with E-state index in [1.54, 1.807) is 12.1 Å². The molecule has 0 amide bonds. The number of aliphatic hydroxyl groups is 1. The van der Waals surface area contributed by atoms with E-state index in [1.807, 2.05) is 0 Å². The summed E-state index contributed by atoms with van der Waals surface area (Å²) in [6, 6.07) is 4.76. The highest BCUT2D eigenvalue weighted by Gasteiger charge is 2.25. The second kappa shape index (κ2) is 7.31. The molecule has 0 radical (unpaired) electrons. The van der Waals surface area contributed by atoms with Crippen LogP contribution < -0.4 is 4.74 Å². The second-order valence-electron chi connectivity index (χ2n) is 5.21. The average molecular weight is 276 g/mol. The van der Waals surface area contributed by atoms with Crippen LogP contribution in [0.15, 0.2) is 18.2 Å². The van der Waals surface area contributed by atoms with Crippen LogP contribution in [0.5, 0.6) is 5.75 Å². The largest absolute Gasteiger partial charge is 0.490 e. The maximum atomic E-state index is 13.8. The van der Waals surface area contributed by atoms with Crippen LogP contribution in [0.3, 0.4) is 0 Å². The van der Waals surface area contributed by atoms with Crippen molar-refractivity contribution in [1.82, 2.24) is 0 Å². The maximum Gasteiger partial charge on any atom is 0.142 e. The fourth-order valence-corrected chi connectivity index (χ4v) is 2.78. The van der Waals surface area contributed by atoms with Crippen LogP contribution in [0.2, 0.25) is 0 Å². The Balaban J connectivity index is 2.07. The van der Waals surface area contributed by atoms with Crippen molar-refractivity contribution >= 4 is 0 Å². The van der Waals surface area contributed by atoms with Gasteiger partial charge in [-0.25, -0.2) is 4.39 Å². The number of ether oxygens (including phenoxy) is 1.